The zero-order valence-corrected chi connectivity index (χ0v) is 31.7. The van der Waals surface area contributed by atoms with Gasteiger partial charge in [-0.3, -0.25) is 28.8 Å². The second kappa shape index (κ2) is 22.0. The first-order valence-corrected chi connectivity index (χ1v) is 19.0. The number of nitrogens with zero attached hydrogens (tertiary/aromatic N) is 2. The van der Waals surface area contributed by atoms with Crippen molar-refractivity contribution in [3.8, 4) is 0 Å². The van der Waals surface area contributed by atoms with Gasteiger partial charge in [-0.2, -0.15) is 0 Å². The van der Waals surface area contributed by atoms with Crippen LogP contribution in [0.15, 0.2) is 30.3 Å². The van der Waals surface area contributed by atoms with Crippen LogP contribution in [0.25, 0.3) is 0 Å². The molecule has 6 amide bonds. The summed E-state index contributed by atoms with van der Waals surface area (Å²) in [6, 6.07) is 0.673. The molecule has 0 spiro atoms. The highest BCUT2D eigenvalue weighted by molar-refractivity contribution is 5.97. The second-order valence-electron chi connectivity index (χ2n) is 14.5. The maximum atomic E-state index is 13.9. The molecule has 1 aromatic rings. The number of aliphatic hydroxyl groups is 2. The van der Waals surface area contributed by atoms with Crippen molar-refractivity contribution in [3.05, 3.63) is 35.9 Å². The monoisotopic (exact) mass is 774 g/mol. The number of carbonyl (C=O) groups excluding carboxylic acids is 6. The Labute approximate surface area is 321 Å². The number of aliphatic carboxylic acids is 1. The average Bonchev–Trinajstić information content (AvgIpc) is 3.86. The maximum absolute atomic E-state index is 13.9. The number of likely N-dealkylation sites (tertiary alicyclic amines) is 2. The van der Waals surface area contributed by atoms with Crippen molar-refractivity contribution in [2.24, 2.45) is 17.4 Å². The van der Waals surface area contributed by atoms with E-state index in [2.05, 4.69) is 21.3 Å². The number of benzene rings is 1. The summed E-state index contributed by atoms with van der Waals surface area (Å²) in [4.78, 5) is 94.9. The second-order valence-corrected chi connectivity index (χ2v) is 14.5. The lowest BCUT2D eigenvalue weighted by atomic mass is 10.0. The molecule has 2 aliphatic heterocycles. The van der Waals surface area contributed by atoms with Gasteiger partial charge in [-0.05, 0) is 75.8 Å². The lowest BCUT2D eigenvalue weighted by molar-refractivity contribution is -0.152. The van der Waals surface area contributed by atoms with Crippen LogP contribution in [-0.2, 0) is 40.0 Å². The smallest absolute Gasteiger partial charge is 0.326 e. The fourth-order valence-electron chi connectivity index (χ4n) is 6.86. The molecule has 2 fully saturated rings. The van der Waals surface area contributed by atoms with E-state index in [-0.39, 0.29) is 38.3 Å². The summed E-state index contributed by atoms with van der Waals surface area (Å²) in [5.74, 6) is -5.57. The van der Waals surface area contributed by atoms with Gasteiger partial charge in [0.1, 0.15) is 36.3 Å². The number of nitrogens with two attached hydrogens (primary N) is 2. The quantitative estimate of drug-likeness (QED) is 0.0598. The molecule has 0 aromatic heterocycles. The molecule has 0 aliphatic carbocycles. The fraction of sp³-hybridized carbons (Fsp3) is 0.649. The third-order valence-corrected chi connectivity index (χ3v) is 9.81. The normalized spacial score (nSPS) is 19.5. The Balaban J connectivity index is 1.69. The van der Waals surface area contributed by atoms with Gasteiger partial charge >= 0.3 is 5.97 Å². The molecule has 0 radical (unpaired) electrons. The van der Waals surface area contributed by atoms with Gasteiger partial charge in [-0.25, -0.2) is 4.79 Å². The van der Waals surface area contributed by atoms with Gasteiger partial charge in [0.25, 0.3) is 0 Å². The van der Waals surface area contributed by atoms with Crippen LogP contribution >= 0.6 is 0 Å². The number of carboxylic acids is 1. The maximum Gasteiger partial charge on any atom is 0.326 e. The highest BCUT2D eigenvalue weighted by Gasteiger charge is 2.44. The van der Waals surface area contributed by atoms with E-state index in [0.717, 1.165) is 5.56 Å². The van der Waals surface area contributed by atoms with Crippen LogP contribution in [0.3, 0.4) is 0 Å². The van der Waals surface area contributed by atoms with Crippen molar-refractivity contribution >= 4 is 41.4 Å². The standard InChI is InChI=1S/C37H58N8O10/c1-22(2)18-26(41-34(51)27(20-46)42-31(48)24(39)19-23-10-4-3-5-11-23)32(49)43-28(21-47)33(50)40-25(12-6-7-15-38)35(52)44-16-8-13-29(44)36(53)45-17-9-14-30(45)37(54)55/h3-5,10-11,22,24-30,46-47H,6-9,12-21,38-39H2,1-2H3,(H,40,50)(H,41,51)(H,42,48)(H,43,49)(H,54,55)/t24-,25-,26-,27-,28-,29-,30-/m0/s1. The van der Waals surface area contributed by atoms with E-state index >= 15 is 0 Å². The molecule has 0 unspecified atom stereocenters. The molecule has 2 aliphatic rings. The van der Waals surface area contributed by atoms with Crippen molar-refractivity contribution in [1.29, 1.82) is 0 Å². The lowest BCUT2D eigenvalue weighted by Crippen LogP contribution is -2.61. The Morgan fingerprint density at radius 1 is 0.745 bits per heavy atom. The van der Waals surface area contributed by atoms with E-state index in [1.54, 1.807) is 38.1 Å². The number of nitrogens with one attached hydrogen (secondary N) is 4. The zero-order chi connectivity index (χ0) is 40.7. The largest absolute Gasteiger partial charge is 0.480 e. The van der Waals surface area contributed by atoms with Crippen LogP contribution in [-0.4, -0.2) is 142 Å². The highest BCUT2D eigenvalue weighted by Crippen LogP contribution is 2.26. The third-order valence-electron chi connectivity index (χ3n) is 9.81. The van der Waals surface area contributed by atoms with Crippen molar-refractivity contribution in [3.63, 3.8) is 0 Å². The summed E-state index contributed by atoms with van der Waals surface area (Å²) in [5.41, 5.74) is 12.5. The van der Waals surface area contributed by atoms with Gasteiger partial charge in [0, 0.05) is 13.1 Å². The van der Waals surface area contributed by atoms with Crippen molar-refractivity contribution < 1.29 is 48.9 Å². The summed E-state index contributed by atoms with van der Waals surface area (Å²) in [6.45, 7) is 2.72. The molecule has 3 rings (SSSR count). The number of aliphatic hydroxyl groups excluding tert-OH is 2. The summed E-state index contributed by atoms with van der Waals surface area (Å²) >= 11 is 0. The number of rotatable bonds is 21. The SMILES string of the molecule is CC(C)C[C@H](NC(=O)[C@H](CO)NC(=O)[C@@H](N)Cc1ccccc1)C(=O)N[C@@H](CO)C(=O)N[C@@H](CCCCN)C(=O)N1CCC[C@H]1C(=O)N1CCC[C@H]1C(=O)O. The molecular weight excluding hydrogens is 716 g/mol. The highest BCUT2D eigenvalue weighted by atomic mass is 16.4. The number of carboxylic acid groups (broad SMARTS) is 1. The minimum Gasteiger partial charge on any atom is -0.480 e. The molecule has 18 heteroatoms. The van der Waals surface area contributed by atoms with Gasteiger partial charge in [-0.15, -0.1) is 0 Å². The topological polar surface area (TPSA) is 287 Å². The predicted octanol–water partition coefficient (Wildman–Crippen LogP) is -2.28. The number of hydrogen-bond donors (Lipinski definition) is 9. The number of amides is 6. The van der Waals surface area contributed by atoms with E-state index in [1.165, 1.54) is 9.80 Å². The Morgan fingerprint density at radius 2 is 1.27 bits per heavy atom. The summed E-state index contributed by atoms with van der Waals surface area (Å²) < 4.78 is 0. The van der Waals surface area contributed by atoms with Gasteiger partial charge in [0.05, 0.1) is 19.3 Å². The van der Waals surface area contributed by atoms with Crippen LogP contribution in [0.2, 0.25) is 0 Å². The van der Waals surface area contributed by atoms with Crippen LogP contribution in [0.4, 0.5) is 0 Å². The van der Waals surface area contributed by atoms with Crippen molar-refractivity contribution in [2.75, 3.05) is 32.8 Å². The van der Waals surface area contributed by atoms with Crippen molar-refractivity contribution in [1.82, 2.24) is 31.1 Å². The molecule has 1 aromatic carbocycles. The summed E-state index contributed by atoms with van der Waals surface area (Å²) in [7, 11) is 0. The molecule has 2 saturated heterocycles. The van der Waals surface area contributed by atoms with Crippen molar-refractivity contribution in [2.45, 2.75) is 114 Å². The summed E-state index contributed by atoms with van der Waals surface area (Å²) in [5, 5.41) is 39.7. The molecule has 306 valence electrons. The first-order valence-electron chi connectivity index (χ1n) is 19.0. The number of unbranched alkanes of at least 4 members (excludes halogenated alkanes) is 1. The van der Waals surface area contributed by atoms with Gasteiger partial charge in [0.2, 0.25) is 35.4 Å². The van der Waals surface area contributed by atoms with E-state index in [9.17, 15) is 48.9 Å². The van der Waals surface area contributed by atoms with E-state index in [4.69, 9.17) is 11.5 Å². The molecule has 55 heavy (non-hydrogen) atoms. The predicted molar refractivity (Wildman–Crippen MR) is 199 cm³/mol. The average molecular weight is 775 g/mol. The van der Waals surface area contributed by atoms with Crippen LogP contribution in [0, 0.1) is 5.92 Å². The van der Waals surface area contributed by atoms with Gasteiger partial charge in [0.15, 0.2) is 0 Å². The third kappa shape index (κ3) is 13.0. The molecule has 0 bridgehead atoms. The van der Waals surface area contributed by atoms with Gasteiger partial charge < -0.3 is 57.9 Å². The Bertz CT molecular complexity index is 1480. The molecule has 0 saturated carbocycles. The number of hydrogen-bond acceptors (Lipinski definition) is 11. The van der Waals surface area contributed by atoms with E-state index in [1.807, 2.05) is 6.07 Å². The summed E-state index contributed by atoms with van der Waals surface area (Å²) in [6.07, 6.45) is 3.04. The van der Waals surface area contributed by atoms with Gasteiger partial charge in [-0.1, -0.05) is 44.2 Å². The Kier molecular flexibility index (Phi) is 17.9. The minimum absolute atomic E-state index is 0.0846. The Hall–Kier alpha value is -4.65. The van der Waals surface area contributed by atoms with Crippen LogP contribution in [0.1, 0.15) is 70.8 Å². The van der Waals surface area contributed by atoms with Crippen LogP contribution in [0.5, 0.6) is 0 Å². The zero-order valence-electron chi connectivity index (χ0n) is 31.7. The Morgan fingerprint density at radius 3 is 1.84 bits per heavy atom. The molecular formula is C37H58N8O10. The molecule has 2 heterocycles. The number of carbonyl (C=O) groups is 7. The lowest BCUT2D eigenvalue weighted by Gasteiger charge is -2.32. The van der Waals surface area contributed by atoms with E-state index < -0.39 is 96.9 Å². The van der Waals surface area contributed by atoms with E-state index in [0.29, 0.717) is 45.1 Å². The first-order chi connectivity index (χ1) is 26.2. The first kappa shape index (κ1) is 44.7. The fourth-order valence-corrected chi connectivity index (χ4v) is 6.86. The molecule has 11 N–H and O–H groups in total. The van der Waals surface area contributed by atoms with Crippen LogP contribution < -0.4 is 32.7 Å². The molecule has 7 atom stereocenters. The minimum atomic E-state index is -1.55. The molecule has 18 nitrogen and oxygen atoms in total.